The van der Waals surface area contributed by atoms with E-state index in [1.54, 1.807) is 0 Å². The van der Waals surface area contributed by atoms with Crippen LogP contribution in [-0.4, -0.2) is 18.3 Å². The zero-order valence-corrected chi connectivity index (χ0v) is 10.4. The predicted octanol–water partition coefficient (Wildman–Crippen LogP) is 2.67. The predicted molar refractivity (Wildman–Crippen MR) is 68.3 cm³/mol. The third-order valence-corrected chi connectivity index (χ3v) is 4.25. The number of aliphatic hydroxyl groups is 1. The molecule has 0 spiro atoms. The second kappa shape index (κ2) is 3.36. The molecule has 0 bridgehead atoms. The van der Waals surface area contributed by atoms with Gasteiger partial charge in [0, 0.05) is 16.9 Å². The molecule has 0 amide bonds. The van der Waals surface area contributed by atoms with Crippen molar-refractivity contribution in [3.63, 3.8) is 0 Å². The highest BCUT2D eigenvalue weighted by atomic mass is 16.5. The molecule has 1 aromatic carbocycles. The lowest BCUT2D eigenvalue weighted by molar-refractivity contribution is 0.197. The summed E-state index contributed by atoms with van der Waals surface area (Å²) < 4.78 is 5.83. The highest BCUT2D eigenvalue weighted by Crippen LogP contribution is 2.60. The van der Waals surface area contributed by atoms with E-state index in [2.05, 4.69) is 25.6 Å². The van der Waals surface area contributed by atoms with Crippen LogP contribution < -0.4 is 4.74 Å². The molecule has 0 saturated heterocycles. The summed E-state index contributed by atoms with van der Waals surface area (Å²) in [7, 11) is 0. The largest absolute Gasteiger partial charge is 0.493 e. The van der Waals surface area contributed by atoms with Crippen LogP contribution in [0.3, 0.4) is 0 Å². The van der Waals surface area contributed by atoms with E-state index in [4.69, 9.17) is 4.74 Å². The molecule has 2 aliphatic rings. The minimum absolute atomic E-state index is 0.0240. The second-order valence-corrected chi connectivity index (χ2v) is 5.48. The van der Waals surface area contributed by atoms with E-state index < -0.39 is 0 Å². The van der Waals surface area contributed by atoms with Crippen molar-refractivity contribution in [1.29, 1.82) is 0 Å². The molecule has 1 fully saturated rings. The van der Waals surface area contributed by atoms with Crippen molar-refractivity contribution in [1.82, 2.24) is 0 Å². The Balaban J connectivity index is 2.19. The van der Waals surface area contributed by atoms with Gasteiger partial charge in [0.05, 0.1) is 13.2 Å². The van der Waals surface area contributed by atoms with Crippen LogP contribution in [0.5, 0.6) is 5.75 Å². The summed E-state index contributed by atoms with van der Waals surface area (Å²) in [6.07, 6.45) is 1.05. The number of fused-ring (bicyclic) bond motifs is 3. The smallest absolute Gasteiger partial charge is 0.126 e. The van der Waals surface area contributed by atoms with E-state index >= 15 is 0 Å². The Hall–Kier alpha value is -1.28. The van der Waals surface area contributed by atoms with Crippen LogP contribution >= 0.6 is 0 Å². The van der Waals surface area contributed by atoms with E-state index in [0.29, 0.717) is 5.92 Å². The lowest BCUT2D eigenvalue weighted by Crippen LogP contribution is -2.25. The zero-order valence-electron chi connectivity index (χ0n) is 10.4. The van der Waals surface area contributed by atoms with E-state index in [1.807, 2.05) is 6.92 Å². The van der Waals surface area contributed by atoms with Gasteiger partial charge in [0.15, 0.2) is 0 Å². The number of aryl methyl sites for hydroxylation is 1. The van der Waals surface area contributed by atoms with Gasteiger partial charge in [-0.15, -0.1) is 0 Å². The van der Waals surface area contributed by atoms with Crippen LogP contribution in [0.15, 0.2) is 18.7 Å². The summed E-state index contributed by atoms with van der Waals surface area (Å²) in [6.45, 7) is 9.06. The minimum Gasteiger partial charge on any atom is -0.493 e. The summed E-state index contributed by atoms with van der Waals surface area (Å²) >= 11 is 0. The SMILES string of the molecule is C=C(C)c1cc(C)c2c(c1)C1(CO)CC1CO2. The fraction of sp³-hybridized carbons (Fsp3) is 0.467. The van der Waals surface area contributed by atoms with Crippen molar-refractivity contribution in [2.45, 2.75) is 25.7 Å². The first-order chi connectivity index (χ1) is 8.08. The number of ether oxygens (including phenoxy) is 1. The maximum atomic E-state index is 9.68. The topological polar surface area (TPSA) is 29.5 Å². The van der Waals surface area contributed by atoms with Crippen LogP contribution in [-0.2, 0) is 5.41 Å². The van der Waals surface area contributed by atoms with Crippen molar-refractivity contribution in [2.75, 3.05) is 13.2 Å². The van der Waals surface area contributed by atoms with Gasteiger partial charge in [0.1, 0.15) is 5.75 Å². The average Bonchev–Trinajstić information content (AvgIpc) is 3.03. The Morgan fingerprint density at radius 1 is 1.59 bits per heavy atom. The third kappa shape index (κ3) is 1.37. The number of hydrogen-bond donors (Lipinski definition) is 1. The van der Waals surface area contributed by atoms with Crippen molar-refractivity contribution in [3.05, 3.63) is 35.4 Å². The Morgan fingerprint density at radius 2 is 2.35 bits per heavy atom. The standard InChI is InChI=1S/C15H18O2/c1-9(2)11-4-10(3)14-13(5-11)15(8-16)6-12(15)7-17-14/h4-5,12,16H,1,6-8H2,2-3H3. The van der Waals surface area contributed by atoms with Gasteiger partial charge in [0.25, 0.3) is 0 Å². The van der Waals surface area contributed by atoms with Gasteiger partial charge in [-0.05, 0) is 43.5 Å². The molecule has 0 aromatic heterocycles. The van der Waals surface area contributed by atoms with Gasteiger partial charge in [-0.3, -0.25) is 0 Å². The van der Waals surface area contributed by atoms with E-state index in [0.717, 1.165) is 35.5 Å². The van der Waals surface area contributed by atoms with Gasteiger partial charge >= 0.3 is 0 Å². The molecule has 90 valence electrons. The van der Waals surface area contributed by atoms with Crippen molar-refractivity contribution >= 4 is 5.57 Å². The van der Waals surface area contributed by atoms with E-state index in [-0.39, 0.29) is 12.0 Å². The first-order valence-corrected chi connectivity index (χ1v) is 6.13. The molecule has 1 aromatic rings. The number of allylic oxidation sites excluding steroid dienone is 1. The fourth-order valence-corrected chi connectivity index (χ4v) is 2.97. The molecule has 0 radical (unpaired) electrons. The number of aliphatic hydroxyl groups excluding tert-OH is 1. The van der Waals surface area contributed by atoms with Crippen LogP contribution in [0.1, 0.15) is 30.0 Å². The molecule has 2 atom stereocenters. The first kappa shape index (κ1) is 10.8. The second-order valence-electron chi connectivity index (χ2n) is 5.48. The molecule has 17 heavy (non-hydrogen) atoms. The van der Waals surface area contributed by atoms with E-state index in [1.165, 1.54) is 5.56 Å². The Morgan fingerprint density at radius 3 is 3.00 bits per heavy atom. The molecule has 1 N–H and O–H groups in total. The van der Waals surface area contributed by atoms with Gasteiger partial charge in [-0.25, -0.2) is 0 Å². The normalized spacial score (nSPS) is 29.0. The first-order valence-electron chi connectivity index (χ1n) is 6.13. The van der Waals surface area contributed by atoms with Gasteiger partial charge < -0.3 is 9.84 Å². The lowest BCUT2D eigenvalue weighted by Gasteiger charge is -2.27. The molecule has 2 heteroatoms. The summed E-state index contributed by atoms with van der Waals surface area (Å²) in [5, 5.41) is 9.68. The quantitative estimate of drug-likeness (QED) is 0.846. The maximum absolute atomic E-state index is 9.68. The summed E-state index contributed by atoms with van der Waals surface area (Å²) in [5.41, 5.74) is 4.54. The maximum Gasteiger partial charge on any atom is 0.126 e. The monoisotopic (exact) mass is 230 g/mol. The number of benzene rings is 1. The van der Waals surface area contributed by atoms with Crippen LogP contribution in [0, 0.1) is 12.8 Å². The van der Waals surface area contributed by atoms with Crippen molar-refractivity contribution in [3.8, 4) is 5.75 Å². The number of rotatable bonds is 2. The van der Waals surface area contributed by atoms with Crippen LogP contribution in [0.25, 0.3) is 5.57 Å². The molecule has 1 aliphatic heterocycles. The Bertz CT molecular complexity index is 504. The van der Waals surface area contributed by atoms with Crippen molar-refractivity contribution in [2.24, 2.45) is 5.92 Å². The molecular formula is C15H18O2. The molecule has 3 rings (SSSR count). The molecule has 1 heterocycles. The highest BCUT2D eigenvalue weighted by Gasteiger charge is 2.59. The Labute approximate surface area is 102 Å². The van der Waals surface area contributed by atoms with Gasteiger partial charge in [-0.2, -0.15) is 0 Å². The third-order valence-electron chi connectivity index (χ3n) is 4.25. The van der Waals surface area contributed by atoms with Crippen LogP contribution in [0.4, 0.5) is 0 Å². The fourth-order valence-electron chi connectivity index (χ4n) is 2.97. The molecule has 2 nitrogen and oxygen atoms in total. The highest BCUT2D eigenvalue weighted by molar-refractivity contribution is 5.67. The number of hydrogen-bond acceptors (Lipinski definition) is 2. The van der Waals surface area contributed by atoms with Gasteiger partial charge in [0.2, 0.25) is 0 Å². The van der Waals surface area contributed by atoms with Gasteiger partial charge in [-0.1, -0.05) is 12.2 Å². The lowest BCUT2D eigenvalue weighted by atomic mass is 9.87. The molecular weight excluding hydrogens is 212 g/mol. The van der Waals surface area contributed by atoms with Crippen LogP contribution in [0.2, 0.25) is 0 Å². The summed E-state index contributed by atoms with van der Waals surface area (Å²) in [4.78, 5) is 0. The zero-order chi connectivity index (χ0) is 12.2. The molecule has 1 saturated carbocycles. The minimum atomic E-state index is -0.0240. The summed E-state index contributed by atoms with van der Waals surface area (Å²) in [5.74, 6) is 1.48. The molecule has 2 unspecified atom stereocenters. The molecule has 1 aliphatic carbocycles. The Kier molecular flexibility index (Phi) is 2.14. The van der Waals surface area contributed by atoms with E-state index in [9.17, 15) is 5.11 Å². The van der Waals surface area contributed by atoms with Crippen molar-refractivity contribution < 1.29 is 9.84 Å². The summed E-state index contributed by atoms with van der Waals surface area (Å²) in [6, 6.07) is 4.27. The average molecular weight is 230 g/mol.